The number of fused-ring (bicyclic) bond motifs is 1. The number of methoxy groups -OCH3 is 1. The highest BCUT2D eigenvalue weighted by atomic mass is 32.1. The van der Waals surface area contributed by atoms with Gasteiger partial charge in [0.25, 0.3) is 0 Å². The lowest BCUT2D eigenvalue weighted by Gasteiger charge is -2.20. The molecule has 1 atom stereocenters. The van der Waals surface area contributed by atoms with Crippen molar-refractivity contribution in [3.63, 3.8) is 0 Å². The monoisotopic (exact) mass is 400 g/mol. The van der Waals surface area contributed by atoms with Crippen LogP contribution >= 0.6 is 11.3 Å². The van der Waals surface area contributed by atoms with Crippen LogP contribution in [0.2, 0.25) is 0 Å². The zero-order chi connectivity index (χ0) is 19.7. The number of amides is 2. The Labute approximate surface area is 168 Å². The molecule has 148 valence electrons. The number of anilines is 1. The number of carbonyl (C=O) groups is 2. The Balaban J connectivity index is 1.36. The molecule has 7 nitrogen and oxygen atoms in total. The number of thiazole rings is 1. The maximum Gasteiger partial charge on any atom is 0.231 e. The van der Waals surface area contributed by atoms with E-state index in [-0.39, 0.29) is 24.2 Å². The summed E-state index contributed by atoms with van der Waals surface area (Å²) in [5.74, 6) is 0.335. The molecule has 2 aliphatic rings. The summed E-state index contributed by atoms with van der Waals surface area (Å²) in [5.41, 5.74) is 2.11. The first-order valence-corrected chi connectivity index (χ1v) is 10.2. The third-order valence-electron chi connectivity index (χ3n) is 5.27. The minimum absolute atomic E-state index is 0.0102. The van der Waals surface area contributed by atoms with Crippen LogP contribution < -0.4 is 10.1 Å². The van der Waals surface area contributed by atoms with Gasteiger partial charge in [0, 0.05) is 43.9 Å². The first-order valence-electron chi connectivity index (χ1n) is 9.40. The van der Waals surface area contributed by atoms with Crippen LogP contribution in [0.4, 0.5) is 5.13 Å². The fraction of sp³-hybridized carbons (Fsp3) is 0.450. The number of hydrogen-bond acceptors (Lipinski definition) is 6. The second-order valence-corrected chi connectivity index (χ2v) is 8.47. The molecule has 4 rings (SSSR count). The lowest BCUT2D eigenvalue weighted by molar-refractivity contribution is -0.128. The summed E-state index contributed by atoms with van der Waals surface area (Å²) in [6.45, 7) is 2.80. The Kier molecular flexibility index (Phi) is 5.32. The van der Waals surface area contributed by atoms with Crippen molar-refractivity contribution >= 4 is 28.3 Å². The number of rotatable bonds is 5. The van der Waals surface area contributed by atoms with E-state index in [1.54, 1.807) is 12.0 Å². The summed E-state index contributed by atoms with van der Waals surface area (Å²) in [6, 6.07) is 7.64. The Morgan fingerprint density at radius 3 is 2.89 bits per heavy atom. The number of hydrogen-bond donors (Lipinski definition) is 1. The minimum Gasteiger partial charge on any atom is -0.497 e. The maximum atomic E-state index is 12.7. The number of nitrogens with zero attached hydrogens (tertiary/aromatic N) is 3. The summed E-state index contributed by atoms with van der Waals surface area (Å²) in [4.78, 5) is 34.8. The van der Waals surface area contributed by atoms with E-state index in [2.05, 4.69) is 22.2 Å². The topological polar surface area (TPSA) is 74.8 Å². The lowest BCUT2D eigenvalue weighted by atomic mass is 10.1. The van der Waals surface area contributed by atoms with Crippen molar-refractivity contribution in [2.75, 3.05) is 32.6 Å². The molecule has 0 aliphatic carbocycles. The van der Waals surface area contributed by atoms with Crippen LogP contribution in [-0.4, -0.2) is 53.8 Å². The second-order valence-electron chi connectivity index (χ2n) is 7.39. The first-order chi connectivity index (χ1) is 13.5. The van der Waals surface area contributed by atoms with E-state index < -0.39 is 0 Å². The molecule has 1 saturated heterocycles. The minimum atomic E-state index is -0.339. The molecule has 1 aromatic carbocycles. The predicted molar refractivity (Wildman–Crippen MR) is 107 cm³/mol. The van der Waals surface area contributed by atoms with Gasteiger partial charge in [-0.1, -0.05) is 12.1 Å². The van der Waals surface area contributed by atoms with Crippen molar-refractivity contribution in [2.45, 2.75) is 25.9 Å². The van der Waals surface area contributed by atoms with Gasteiger partial charge in [0.1, 0.15) is 5.75 Å². The molecule has 0 spiro atoms. The van der Waals surface area contributed by atoms with E-state index in [9.17, 15) is 9.59 Å². The van der Waals surface area contributed by atoms with Crippen molar-refractivity contribution in [3.8, 4) is 5.75 Å². The van der Waals surface area contributed by atoms with E-state index in [1.165, 1.54) is 16.2 Å². The van der Waals surface area contributed by atoms with Gasteiger partial charge < -0.3 is 19.9 Å². The zero-order valence-electron chi connectivity index (χ0n) is 16.1. The molecule has 1 unspecified atom stereocenters. The van der Waals surface area contributed by atoms with Gasteiger partial charge in [-0.25, -0.2) is 4.98 Å². The molecular weight excluding hydrogens is 376 g/mol. The first kappa shape index (κ1) is 18.9. The maximum absolute atomic E-state index is 12.7. The van der Waals surface area contributed by atoms with Gasteiger partial charge in [-0.2, -0.15) is 0 Å². The van der Waals surface area contributed by atoms with E-state index in [0.717, 1.165) is 36.5 Å². The van der Waals surface area contributed by atoms with Gasteiger partial charge in [0.15, 0.2) is 5.13 Å². The highest BCUT2D eigenvalue weighted by Gasteiger charge is 2.34. The molecule has 2 aliphatic heterocycles. The van der Waals surface area contributed by atoms with E-state index in [4.69, 9.17) is 4.74 Å². The predicted octanol–water partition coefficient (Wildman–Crippen LogP) is 2.13. The Hall–Kier alpha value is -2.45. The van der Waals surface area contributed by atoms with E-state index >= 15 is 0 Å². The number of likely N-dealkylation sites (tertiary alicyclic amines) is 1. The molecule has 2 aromatic rings. The average molecular weight is 401 g/mol. The van der Waals surface area contributed by atoms with Crippen LogP contribution in [-0.2, 0) is 29.1 Å². The molecular formula is C20H24N4O3S. The quantitative estimate of drug-likeness (QED) is 0.832. The standard InChI is InChI=1S/C20H24N4O3S/c1-23-8-7-16-17(12-23)28-20(21-16)22-19(26)14-9-18(25)24(11-14)10-13-3-5-15(27-2)6-4-13/h3-6,14H,7-12H2,1-2H3,(H,21,22,26). The van der Waals surface area contributed by atoms with Crippen molar-refractivity contribution in [1.29, 1.82) is 0 Å². The van der Waals surface area contributed by atoms with Gasteiger partial charge >= 0.3 is 0 Å². The molecule has 0 saturated carbocycles. The van der Waals surface area contributed by atoms with Crippen molar-refractivity contribution < 1.29 is 14.3 Å². The summed E-state index contributed by atoms with van der Waals surface area (Å²) in [6.07, 6.45) is 1.16. The molecule has 1 aromatic heterocycles. The molecule has 1 N–H and O–H groups in total. The van der Waals surface area contributed by atoms with E-state index in [1.807, 2.05) is 24.3 Å². The second kappa shape index (κ2) is 7.89. The van der Waals surface area contributed by atoms with Gasteiger partial charge in [-0.3, -0.25) is 9.59 Å². The number of aromatic nitrogens is 1. The molecule has 2 amide bonds. The van der Waals surface area contributed by atoms with Crippen LogP contribution in [0.3, 0.4) is 0 Å². The summed E-state index contributed by atoms with van der Waals surface area (Å²) >= 11 is 1.54. The number of likely N-dealkylation sites (N-methyl/N-ethyl adjacent to an activating group) is 1. The van der Waals surface area contributed by atoms with E-state index in [0.29, 0.717) is 18.2 Å². The van der Waals surface area contributed by atoms with Crippen LogP contribution in [0.1, 0.15) is 22.6 Å². The van der Waals surface area contributed by atoms with Crippen LogP contribution in [0, 0.1) is 5.92 Å². The largest absolute Gasteiger partial charge is 0.497 e. The van der Waals surface area contributed by atoms with Gasteiger partial charge in [0.2, 0.25) is 11.8 Å². The highest BCUT2D eigenvalue weighted by molar-refractivity contribution is 7.15. The molecule has 8 heteroatoms. The molecule has 1 fully saturated rings. The Morgan fingerprint density at radius 1 is 1.36 bits per heavy atom. The average Bonchev–Trinajstić information content (AvgIpc) is 3.25. The van der Waals surface area contributed by atoms with Crippen LogP contribution in [0.5, 0.6) is 5.75 Å². The number of carbonyl (C=O) groups excluding carboxylic acids is 2. The lowest BCUT2D eigenvalue weighted by Crippen LogP contribution is -2.28. The highest BCUT2D eigenvalue weighted by Crippen LogP contribution is 2.29. The molecule has 28 heavy (non-hydrogen) atoms. The zero-order valence-corrected chi connectivity index (χ0v) is 16.9. The van der Waals surface area contributed by atoms with Crippen LogP contribution in [0.25, 0.3) is 0 Å². The number of ether oxygens (including phenoxy) is 1. The third-order valence-corrected chi connectivity index (χ3v) is 6.27. The molecule has 3 heterocycles. The summed E-state index contributed by atoms with van der Waals surface area (Å²) in [5, 5.41) is 3.58. The van der Waals surface area contributed by atoms with Crippen molar-refractivity contribution in [1.82, 2.24) is 14.8 Å². The molecule has 0 radical (unpaired) electrons. The SMILES string of the molecule is COc1ccc(CN2CC(C(=O)Nc3nc4c(s3)CN(C)CC4)CC2=O)cc1. The van der Waals surface area contributed by atoms with Crippen LogP contribution in [0.15, 0.2) is 24.3 Å². The Bertz CT molecular complexity index is 880. The smallest absolute Gasteiger partial charge is 0.231 e. The summed E-state index contributed by atoms with van der Waals surface area (Å²) in [7, 11) is 3.71. The molecule has 0 bridgehead atoms. The van der Waals surface area contributed by atoms with Crippen molar-refractivity contribution in [3.05, 3.63) is 40.4 Å². The Morgan fingerprint density at radius 2 is 2.14 bits per heavy atom. The fourth-order valence-corrected chi connectivity index (χ4v) is 4.73. The normalized spacial score (nSPS) is 19.6. The van der Waals surface area contributed by atoms with Gasteiger partial charge in [0.05, 0.1) is 18.7 Å². The number of benzene rings is 1. The van der Waals surface area contributed by atoms with Crippen molar-refractivity contribution in [2.24, 2.45) is 5.92 Å². The van der Waals surface area contributed by atoms with Gasteiger partial charge in [-0.15, -0.1) is 11.3 Å². The number of nitrogens with one attached hydrogen (secondary N) is 1. The van der Waals surface area contributed by atoms with Gasteiger partial charge in [-0.05, 0) is 24.7 Å². The fourth-order valence-electron chi connectivity index (χ4n) is 3.64. The third kappa shape index (κ3) is 4.02. The summed E-state index contributed by atoms with van der Waals surface area (Å²) < 4.78 is 5.16.